The van der Waals surface area contributed by atoms with Crippen LogP contribution in [0.3, 0.4) is 0 Å². The number of hydrogen-bond acceptors (Lipinski definition) is 3. The average Bonchev–Trinajstić information content (AvgIpc) is 1.98. The molecule has 0 rings (SSSR count). The van der Waals surface area contributed by atoms with Crippen LogP contribution in [-0.2, 0) is 9.59 Å². The number of carbonyl (C=O) groups is 2. The second-order valence-electron chi connectivity index (χ2n) is 2.15. The van der Waals surface area contributed by atoms with Crippen molar-refractivity contribution in [1.29, 1.82) is 5.41 Å². The van der Waals surface area contributed by atoms with Crippen LogP contribution in [0.15, 0.2) is 0 Å². The van der Waals surface area contributed by atoms with Gasteiger partial charge in [-0.2, -0.15) is 0 Å². The number of hydrogen-bond donors (Lipinski definition) is 2. The lowest BCUT2D eigenvalue weighted by molar-refractivity contribution is -0.136. The Morgan fingerprint density at radius 1 is 1.36 bits per heavy atom. The molecule has 0 spiro atoms. The van der Waals surface area contributed by atoms with Crippen molar-refractivity contribution in [2.24, 2.45) is 0 Å². The van der Waals surface area contributed by atoms with Crippen molar-refractivity contribution >= 4 is 17.5 Å². The van der Waals surface area contributed by atoms with Gasteiger partial charge in [-0.3, -0.25) is 9.59 Å². The Bertz CT molecular complexity index is 186. The fourth-order valence-corrected chi connectivity index (χ4v) is 0.585. The van der Waals surface area contributed by atoms with Gasteiger partial charge in [0.15, 0.2) is 5.78 Å². The maximum absolute atomic E-state index is 10.7. The van der Waals surface area contributed by atoms with Gasteiger partial charge in [0.2, 0.25) is 0 Å². The van der Waals surface area contributed by atoms with E-state index in [4.69, 9.17) is 10.5 Å². The molecule has 0 bridgehead atoms. The van der Waals surface area contributed by atoms with Crippen molar-refractivity contribution in [3.63, 3.8) is 0 Å². The van der Waals surface area contributed by atoms with E-state index < -0.39 is 5.97 Å². The summed E-state index contributed by atoms with van der Waals surface area (Å²) in [6.07, 6.45) is 0.186. The first-order chi connectivity index (χ1) is 5.07. The van der Waals surface area contributed by atoms with Crippen molar-refractivity contribution in [2.45, 2.75) is 26.2 Å². The number of ketones is 1. The van der Waals surface area contributed by atoms with Gasteiger partial charge in [0.05, 0.1) is 12.1 Å². The number of aliphatic carboxylic acids is 1. The second kappa shape index (κ2) is 4.60. The Morgan fingerprint density at radius 2 is 1.91 bits per heavy atom. The van der Waals surface area contributed by atoms with Gasteiger partial charge in [-0.05, 0) is 0 Å². The Labute approximate surface area is 64.7 Å². The summed E-state index contributed by atoms with van der Waals surface area (Å²) in [6.45, 7) is 1.65. The highest BCUT2D eigenvalue weighted by Gasteiger charge is 2.07. The zero-order valence-electron chi connectivity index (χ0n) is 6.39. The smallest absolute Gasteiger partial charge is 0.303 e. The van der Waals surface area contributed by atoms with Gasteiger partial charge in [0.25, 0.3) is 0 Å². The molecule has 0 radical (unpaired) electrons. The summed E-state index contributed by atoms with van der Waals surface area (Å²) >= 11 is 0. The summed E-state index contributed by atoms with van der Waals surface area (Å²) in [6, 6.07) is 0. The first-order valence-corrected chi connectivity index (χ1v) is 3.40. The zero-order valence-corrected chi connectivity index (χ0v) is 6.39. The largest absolute Gasteiger partial charge is 0.481 e. The normalized spacial score (nSPS) is 9.18. The summed E-state index contributed by atoms with van der Waals surface area (Å²) in [5.74, 6) is -1.25. The third-order valence-electron chi connectivity index (χ3n) is 1.25. The van der Waals surface area contributed by atoms with E-state index in [1.54, 1.807) is 6.92 Å². The Balaban J connectivity index is 3.70. The highest BCUT2D eigenvalue weighted by Crippen LogP contribution is 1.94. The van der Waals surface area contributed by atoms with E-state index in [9.17, 15) is 9.59 Å². The molecule has 0 heterocycles. The minimum absolute atomic E-state index is 0.0437. The van der Waals surface area contributed by atoms with Gasteiger partial charge >= 0.3 is 5.97 Å². The number of rotatable bonds is 5. The summed E-state index contributed by atoms with van der Waals surface area (Å²) in [4.78, 5) is 20.7. The molecule has 0 atom stereocenters. The van der Waals surface area contributed by atoms with E-state index >= 15 is 0 Å². The first-order valence-electron chi connectivity index (χ1n) is 3.40. The molecule has 0 aromatic heterocycles. The molecule has 0 aromatic carbocycles. The van der Waals surface area contributed by atoms with Crippen molar-refractivity contribution < 1.29 is 14.7 Å². The van der Waals surface area contributed by atoms with Crippen LogP contribution in [0, 0.1) is 5.41 Å². The molecule has 0 aliphatic carbocycles. The minimum atomic E-state index is -0.973. The summed E-state index contributed by atoms with van der Waals surface area (Å²) in [7, 11) is 0. The van der Waals surface area contributed by atoms with E-state index in [1.807, 2.05) is 0 Å². The summed E-state index contributed by atoms with van der Waals surface area (Å²) < 4.78 is 0. The maximum Gasteiger partial charge on any atom is 0.303 e. The van der Waals surface area contributed by atoms with Crippen molar-refractivity contribution in [3.8, 4) is 0 Å². The predicted octanol–water partition coefficient (Wildman–Crippen LogP) is 0.850. The molecule has 4 heteroatoms. The van der Waals surface area contributed by atoms with Crippen LogP contribution in [-0.4, -0.2) is 22.6 Å². The van der Waals surface area contributed by atoms with E-state index in [2.05, 4.69) is 0 Å². The van der Waals surface area contributed by atoms with Crippen LogP contribution in [0.1, 0.15) is 26.2 Å². The third-order valence-corrected chi connectivity index (χ3v) is 1.25. The molecule has 0 unspecified atom stereocenters. The fraction of sp³-hybridized carbons (Fsp3) is 0.571. The number of nitrogens with one attached hydrogen (secondary N) is 1. The van der Waals surface area contributed by atoms with Gasteiger partial charge in [0, 0.05) is 12.8 Å². The minimum Gasteiger partial charge on any atom is -0.481 e. The molecule has 2 N–H and O–H groups in total. The van der Waals surface area contributed by atoms with Crippen molar-refractivity contribution in [3.05, 3.63) is 0 Å². The topological polar surface area (TPSA) is 78.2 Å². The van der Waals surface area contributed by atoms with Crippen LogP contribution in [0.2, 0.25) is 0 Å². The van der Waals surface area contributed by atoms with Crippen LogP contribution >= 0.6 is 0 Å². The van der Waals surface area contributed by atoms with E-state index in [0.29, 0.717) is 0 Å². The van der Waals surface area contributed by atoms with Crippen LogP contribution in [0.5, 0.6) is 0 Å². The van der Waals surface area contributed by atoms with Crippen molar-refractivity contribution in [1.82, 2.24) is 0 Å². The molecule has 0 aromatic rings. The van der Waals surface area contributed by atoms with Crippen molar-refractivity contribution in [2.75, 3.05) is 0 Å². The van der Waals surface area contributed by atoms with E-state index in [1.165, 1.54) is 0 Å². The lowest BCUT2D eigenvalue weighted by atomic mass is 10.1. The van der Waals surface area contributed by atoms with Gasteiger partial charge in [0.1, 0.15) is 0 Å². The molecule has 62 valence electrons. The number of carboxylic acids is 1. The van der Waals surface area contributed by atoms with E-state index in [-0.39, 0.29) is 30.8 Å². The highest BCUT2D eigenvalue weighted by molar-refractivity contribution is 6.38. The molecular weight excluding hydrogens is 146 g/mol. The lowest BCUT2D eigenvalue weighted by Gasteiger charge is -1.96. The predicted molar refractivity (Wildman–Crippen MR) is 39.9 cm³/mol. The van der Waals surface area contributed by atoms with Crippen LogP contribution < -0.4 is 0 Å². The Morgan fingerprint density at radius 3 is 2.27 bits per heavy atom. The zero-order chi connectivity index (χ0) is 8.85. The molecule has 0 aliphatic heterocycles. The van der Waals surface area contributed by atoms with Gasteiger partial charge in [-0.1, -0.05) is 6.92 Å². The molecule has 0 saturated carbocycles. The molecule has 0 amide bonds. The molecule has 0 aliphatic rings. The average molecular weight is 157 g/mol. The molecule has 11 heavy (non-hydrogen) atoms. The highest BCUT2D eigenvalue weighted by atomic mass is 16.4. The van der Waals surface area contributed by atoms with Gasteiger partial charge < -0.3 is 10.5 Å². The molecule has 4 nitrogen and oxygen atoms in total. The molecular formula is C7H11NO3. The third kappa shape index (κ3) is 4.25. The first kappa shape index (κ1) is 9.81. The Kier molecular flexibility index (Phi) is 4.10. The molecule has 0 fully saturated rings. The molecule has 0 saturated heterocycles. The van der Waals surface area contributed by atoms with Crippen LogP contribution in [0.4, 0.5) is 0 Å². The monoisotopic (exact) mass is 157 g/mol. The van der Waals surface area contributed by atoms with E-state index in [0.717, 1.165) is 0 Å². The fourth-order valence-electron chi connectivity index (χ4n) is 0.585. The number of carbonyl (C=O) groups excluding carboxylic acids is 1. The lowest BCUT2D eigenvalue weighted by Crippen LogP contribution is -2.12. The number of carboxylic acid groups (broad SMARTS) is 1. The maximum atomic E-state index is 10.7. The summed E-state index contributed by atoms with van der Waals surface area (Å²) in [5.41, 5.74) is -0.0881. The van der Waals surface area contributed by atoms with Crippen LogP contribution in [0.25, 0.3) is 0 Å². The van der Waals surface area contributed by atoms with Gasteiger partial charge in [-0.15, -0.1) is 0 Å². The number of Topliss-reactive ketones (excluding diaryl/α,β-unsaturated/α-hetero) is 1. The SMILES string of the molecule is CCC(=O)C(=N)CCC(=O)O. The Hall–Kier alpha value is -1.19. The standard InChI is InChI=1S/C7H11NO3/c1-2-6(9)5(8)3-4-7(10)11/h8H,2-4H2,1H3,(H,10,11). The quantitative estimate of drug-likeness (QED) is 0.580. The second-order valence-corrected chi connectivity index (χ2v) is 2.15. The van der Waals surface area contributed by atoms with Gasteiger partial charge in [-0.25, -0.2) is 0 Å². The summed E-state index contributed by atoms with van der Waals surface area (Å²) in [5, 5.41) is 15.3.